The van der Waals surface area contributed by atoms with Gasteiger partial charge in [0.2, 0.25) is 5.91 Å². The van der Waals surface area contributed by atoms with Crippen molar-refractivity contribution in [3.8, 4) is 0 Å². The highest BCUT2D eigenvalue weighted by molar-refractivity contribution is 7.10. The van der Waals surface area contributed by atoms with E-state index in [2.05, 4.69) is 11.1 Å². The van der Waals surface area contributed by atoms with Crippen LogP contribution in [0, 0.1) is 11.8 Å². The van der Waals surface area contributed by atoms with Gasteiger partial charge in [0.05, 0.1) is 10.9 Å². The third-order valence-electron chi connectivity index (χ3n) is 7.33. The number of hydrogen-bond donors (Lipinski definition) is 2. The molecule has 0 radical (unpaired) electrons. The lowest BCUT2D eigenvalue weighted by molar-refractivity contribution is -0.152. The molecule has 2 aliphatic rings. The summed E-state index contributed by atoms with van der Waals surface area (Å²) in [5.41, 5.74) is 2.01. The number of amides is 1. The number of thiophene rings is 1. The molecule has 168 valence electrons. The molecular weight excluding hydrogens is 444 g/mol. The minimum Gasteiger partial charge on any atom is -0.481 e. The van der Waals surface area contributed by atoms with Crippen molar-refractivity contribution in [3.05, 3.63) is 57.4 Å². The van der Waals surface area contributed by atoms with Crippen molar-refractivity contribution in [2.45, 2.75) is 50.5 Å². The van der Waals surface area contributed by atoms with Gasteiger partial charge in [-0.25, -0.2) is 0 Å². The van der Waals surface area contributed by atoms with Crippen LogP contribution in [0.5, 0.6) is 0 Å². The summed E-state index contributed by atoms with van der Waals surface area (Å²) in [6.07, 6.45) is 6.62. The highest BCUT2D eigenvalue weighted by Gasteiger charge is 2.43. The Labute approximate surface area is 196 Å². The van der Waals surface area contributed by atoms with E-state index in [0.29, 0.717) is 11.4 Å². The fraction of sp³-hybridized carbons (Fsp3) is 0.440. The Kier molecular flexibility index (Phi) is 5.99. The van der Waals surface area contributed by atoms with Crippen LogP contribution in [-0.2, 0) is 9.59 Å². The quantitative estimate of drug-likeness (QED) is 0.487. The van der Waals surface area contributed by atoms with Crippen molar-refractivity contribution < 1.29 is 14.7 Å². The normalized spacial score (nSPS) is 24.3. The second kappa shape index (κ2) is 8.91. The number of carbonyl (C=O) groups excluding carboxylic acids is 1. The zero-order chi connectivity index (χ0) is 22.2. The first-order chi connectivity index (χ1) is 15.5. The van der Waals surface area contributed by atoms with Crippen LogP contribution in [0.25, 0.3) is 10.9 Å². The van der Waals surface area contributed by atoms with Gasteiger partial charge < -0.3 is 15.0 Å². The molecule has 1 saturated heterocycles. The molecule has 7 heteroatoms. The highest BCUT2D eigenvalue weighted by Crippen LogP contribution is 2.42. The van der Waals surface area contributed by atoms with Crippen molar-refractivity contribution in [3.63, 3.8) is 0 Å². The molecule has 32 heavy (non-hydrogen) atoms. The number of nitrogens with zero attached hydrogens (tertiary/aromatic N) is 1. The molecule has 0 spiro atoms. The summed E-state index contributed by atoms with van der Waals surface area (Å²) >= 11 is 8.22. The number of piperidine rings is 1. The number of halogens is 1. The highest BCUT2D eigenvalue weighted by atomic mass is 35.5. The van der Waals surface area contributed by atoms with Crippen molar-refractivity contribution in [1.29, 1.82) is 0 Å². The van der Waals surface area contributed by atoms with Gasteiger partial charge >= 0.3 is 5.97 Å². The number of carbonyl (C=O) groups is 2. The number of nitrogens with one attached hydrogen (secondary N) is 1. The molecule has 1 aromatic carbocycles. The number of benzene rings is 1. The molecule has 3 heterocycles. The van der Waals surface area contributed by atoms with Crippen molar-refractivity contribution >= 4 is 45.7 Å². The molecule has 5 rings (SSSR count). The van der Waals surface area contributed by atoms with E-state index in [-0.39, 0.29) is 29.7 Å². The van der Waals surface area contributed by atoms with E-state index in [9.17, 15) is 14.7 Å². The number of aromatic nitrogens is 1. The van der Waals surface area contributed by atoms with E-state index in [1.807, 2.05) is 40.7 Å². The van der Waals surface area contributed by atoms with E-state index in [4.69, 9.17) is 11.6 Å². The van der Waals surface area contributed by atoms with Crippen LogP contribution >= 0.6 is 22.9 Å². The fourth-order valence-corrected chi connectivity index (χ4v) is 7.02. The molecule has 2 aromatic heterocycles. The van der Waals surface area contributed by atoms with Crippen LogP contribution in [0.1, 0.15) is 54.9 Å². The Bertz CT molecular complexity index is 1130. The number of rotatable bonds is 5. The topological polar surface area (TPSA) is 73.4 Å². The van der Waals surface area contributed by atoms with Crippen LogP contribution < -0.4 is 0 Å². The first kappa shape index (κ1) is 21.5. The van der Waals surface area contributed by atoms with Crippen LogP contribution in [0.15, 0.2) is 41.9 Å². The fourth-order valence-electron chi connectivity index (χ4n) is 5.89. The average molecular weight is 471 g/mol. The number of aromatic amines is 1. The third kappa shape index (κ3) is 3.84. The monoisotopic (exact) mass is 470 g/mol. The van der Waals surface area contributed by atoms with Gasteiger partial charge in [-0.15, -0.1) is 11.3 Å². The molecule has 2 fully saturated rings. The van der Waals surface area contributed by atoms with Gasteiger partial charge in [0.1, 0.15) is 0 Å². The van der Waals surface area contributed by atoms with Crippen LogP contribution in [0.4, 0.5) is 0 Å². The molecule has 3 unspecified atom stereocenters. The molecule has 3 aromatic rings. The lowest BCUT2D eigenvalue weighted by Gasteiger charge is -2.46. The van der Waals surface area contributed by atoms with Crippen LogP contribution in [0.2, 0.25) is 5.02 Å². The molecule has 1 aliphatic carbocycles. The first-order valence-electron chi connectivity index (χ1n) is 11.4. The second-order valence-corrected chi connectivity index (χ2v) is 10.4. The summed E-state index contributed by atoms with van der Waals surface area (Å²) in [6.45, 7) is 0.720. The number of hydrogen-bond acceptors (Lipinski definition) is 3. The van der Waals surface area contributed by atoms with Crippen molar-refractivity contribution in [2.24, 2.45) is 11.8 Å². The van der Waals surface area contributed by atoms with Gasteiger partial charge in [-0.05, 0) is 60.7 Å². The Morgan fingerprint density at radius 2 is 2.06 bits per heavy atom. The summed E-state index contributed by atoms with van der Waals surface area (Å²) in [7, 11) is 0. The smallest absolute Gasteiger partial charge is 0.306 e. The standard InChI is InChI=1S/C25H27ClN2O3S/c26-19-7-2-8-20-24(19)18(14-27-20)17(22-10-4-12-32-22)13-23(29)28-11-3-6-15-16(25(30)31)5-1-9-21(15)28/h2,4,7-8,10,12,14-17,21,27H,1,3,5-6,9,11,13H2,(H,30,31)/t15?,16?,17-,21?/m1/s1. The van der Waals surface area contributed by atoms with Crippen LogP contribution in [0.3, 0.4) is 0 Å². The van der Waals surface area contributed by atoms with Crippen LogP contribution in [-0.4, -0.2) is 39.5 Å². The van der Waals surface area contributed by atoms with Crippen molar-refractivity contribution in [2.75, 3.05) is 6.54 Å². The summed E-state index contributed by atoms with van der Waals surface area (Å²) in [6, 6.07) is 9.95. The van der Waals surface area contributed by atoms with E-state index in [0.717, 1.165) is 60.0 Å². The Morgan fingerprint density at radius 3 is 2.84 bits per heavy atom. The Morgan fingerprint density at radius 1 is 1.19 bits per heavy atom. The SMILES string of the molecule is O=C(O)C1CCCC2C1CCCN2C(=O)C[C@@H](c1cccs1)c1c[nH]c2cccc(Cl)c12. The number of aliphatic carboxylic acids is 1. The molecule has 5 nitrogen and oxygen atoms in total. The van der Waals surface area contributed by atoms with Gasteiger partial charge in [-0.2, -0.15) is 0 Å². The minimum atomic E-state index is -0.709. The molecule has 1 saturated carbocycles. The largest absolute Gasteiger partial charge is 0.481 e. The maximum atomic E-state index is 13.7. The lowest BCUT2D eigenvalue weighted by atomic mass is 9.71. The number of H-pyrrole nitrogens is 1. The minimum absolute atomic E-state index is 0.0432. The summed E-state index contributed by atoms with van der Waals surface area (Å²) in [4.78, 5) is 32.0. The zero-order valence-electron chi connectivity index (χ0n) is 17.8. The molecule has 4 atom stereocenters. The Hall–Kier alpha value is -2.31. The van der Waals surface area contributed by atoms with E-state index < -0.39 is 5.97 Å². The molecule has 0 bridgehead atoms. The zero-order valence-corrected chi connectivity index (χ0v) is 19.4. The van der Waals surface area contributed by atoms with Gasteiger partial charge in [-0.3, -0.25) is 9.59 Å². The molecule has 2 N–H and O–H groups in total. The number of carboxylic acid groups (broad SMARTS) is 1. The second-order valence-electron chi connectivity index (χ2n) is 9.01. The first-order valence-corrected chi connectivity index (χ1v) is 12.6. The summed E-state index contributed by atoms with van der Waals surface area (Å²) in [5, 5.41) is 13.4. The number of fused-ring (bicyclic) bond motifs is 2. The van der Waals surface area contributed by atoms with E-state index in [1.165, 1.54) is 0 Å². The van der Waals surface area contributed by atoms with Gasteiger partial charge in [-0.1, -0.05) is 30.2 Å². The van der Waals surface area contributed by atoms with Crippen molar-refractivity contribution in [1.82, 2.24) is 9.88 Å². The maximum absolute atomic E-state index is 13.7. The molecule has 1 amide bonds. The third-order valence-corrected chi connectivity index (χ3v) is 8.63. The number of likely N-dealkylation sites (tertiary alicyclic amines) is 1. The van der Waals surface area contributed by atoms with Gasteiger partial charge in [0.25, 0.3) is 0 Å². The van der Waals surface area contributed by atoms with E-state index in [1.54, 1.807) is 11.3 Å². The predicted octanol–water partition coefficient (Wildman–Crippen LogP) is 5.90. The maximum Gasteiger partial charge on any atom is 0.306 e. The summed E-state index contributed by atoms with van der Waals surface area (Å²) < 4.78 is 0. The summed E-state index contributed by atoms with van der Waals surface area (Å²) in [5.74, 6) is -0.939. The molecular formula is C25H27ClN2O3S. The van der Waals surface area contributed by atoms with Gasteiger partial charge in [0, 0.05) is 46.9 Å². The Balaban J connectivity index is 1.45. The van der Waals surface area contributed by atoms with Gasteiger partial charge in [0.15, 0.2) is 0 Å². The number of carboxylic acids is 1. The molecule has 1 aliphatic heterocycles. The lowest BCUT2D eigenvalue weighted by Crippen LogP contribution is -2.53. The van der Waals surface area contributed by atoms with E-state index >= 15 is 0 Å². The average Bonchev–Trinajstić information content (AvgIpc) is 3.47. The predicted molar refractivity (Wildman–Crippen MR) is 127 cm³/mol.